The number of hydrogen-bond donors (Lipinski definition) is 3. The first-order valence-corrected chi connectivity index (χ1v) is 8.97. The Kier molecular flexibility index (Phi) is 9.19. The van der Waals surface area contributed by atoms with E-state index in [1.54, 1.807) is 19.1 Å². The van der Waals surface area contributed by atoms with Crippen LogP contribution in [0.4, 0.5) is 10.5 Å². The summed E-state index contributed by atoms with van der Waals surface area (Å²) >= 11 is 0. The number of hydrogen-bond acceptors (Lipinski definition) is 4. The van der Waals surface area contributed by atoms with Gasteiger partial charge in [0.15, 0.2) is 0 Å². The molecule has 1 aromatic rings. The minimum atomic E-state index is -0.665. The molecule has 0 aliphatic heterocycles. The lowest BCUT2D eigenvalue weighted by molar-refractivity contribution is -0.124. The molecule has 7 heteroatoms. The molecule has 7 nitrogen and oxygen atoms in total. The van der Waals surface area contributed by atoms with E-state index in [1.165, 1.54) is 0 Å². The molecular weight excluding hydrogens is 334 g/mol. The second-order valence-corrected chi connectivity index (χ2v) is 6.30. The van der Waals surface area contributed by atoms with Crippen molar-refractivity contribution in [2.45, 2.75) is 53.1 Å². The van der Waals surface area contributed by atoms with E-state index < -0.39 is 12.1 Å². The van der Waals surface area contributed by atoms with Crippen molar-refractivity contribution in [2.24, 2.45) is 5.92 Å². The summed E-state index contributed by atoms with van der Waals surface area (Å²) in [6.07, 6.45) is 0.683. The van der Waals surface area contributed by atoms with Crippen molar-refractivity contribution in [3.05, 3.63) is 29.8 Å². The molecule has 0 heterocycles. The molecule has 0 radical (unpaired) electrons. The van der Waals surface area contributed by atoms with E-state index >= 15 is 0 Å². The van der Waals surface area contributed by atoms with Crippen molar-refractivity contribution >= 4 is 23.6 Å². The van der Waals surface area contributed by atoms with Gasteiger partial charge in [-0.05, 0) is 37.0 Å². The van der Waals surface area contributed by atoms with Gasteiger partial charge in [-0.2, -0.15) is 0 Å². The number of anilines is 1. The van der Waals surface area contributed by atoms with Gasteiger partial charge in [0.2, 0.25) is 11.8 Å². The van der Waals surface area contributed by atoms with Gasteiger partial charge < -0.3 is 20.7 Å². The minimum absolute atomic E-state index is 0.0154. The van der Waals surface area contributed by atoms with E-state index in [0.717, 1.165) is 17.7 Å². The molecule has 3 amide bonds. The average Bonchev–Trinajstić information content (AvgIpc) is 2.59. The highest BCUT2D eigenvalue weighted by molar-refractivity contribution is 5.90. The Morgan fingerprint density at radius 1 is 1.08 bits per heavy atom. The summed E-state index contributed by atoms with van der Waals surface area (Å²) in [5.74, 6) is -0.359. The maximum absolute atomic E-state index is 12.3. The summed E-state index contributed by atoms with van der Waals surface area (Å²) < 4.78 is 4.83. The van der Waals surface area contributed by atoms with E-state index in [0.29, 0.717) is 13.0 Å². The van der Waals surface area contributed by atoms with Gasteiger partial charge in [-0.15, -0.1) is 0 Å². The molecule has 1 unspecified atom stereocenters. The molecule has 0 spiro atoms. The van der Waals surface area contributed by atoms with Crippen LogP contribution in [0.15, 0.2) is 24.3 Å². The summed E-state index contributed by atoms with van der Waals surface area (Å²) in [4.78, 5) is 35.5. The van der Waals surface area contributed by atoms with Gasteiger partial charge in [0, 0.05) is 18.7 Å². The molecule has 0 bridgehead atoms. The predicted octanol–water partition coefficient (Wildman–Crippen LogP) is 2.81. The fourth-order valence-corrected chi connectivity index (χ4v) is 2.29. The van der Waals surface area contributed by atoms with Gasteiger partial charge in [0.1, 0.15) is 6.04 Å². The zero-order chi connectivity index (χ0) is 19.5. The van der Waals surface area contributed by atoms with Gasteiger partial charge >= 0.3 is 6.09 Å². The first-order chi connectivity index (χ1) is 12.4. The molecular formula is C19H29N3O4. The number of ether oxygens (including phenoxy) is 1. The van der Waals surface area contributed by atoms with Gasteiger partial charge in [-0.3, -0.25) is 9.59 Å². The molecule has 0 saturated carbocycles. The molecule has 0 aliphatic carbocycles. The van der Waals surface area contributed by atoms with Crippen LogP contribution in [0.5, 0.6) is 0 Å². The highest BCUT2D eigenvalue weighted by Crippen LogP contribution is 2.11. The van der Waals surface area contributed by atoms with Crippen molar-refractivity contribution in [1.29, 1.82) is 0 Å². The Morgan fingerprint density at radius 3 is 2.27 bits per heavy atom. The van der Waals surface area contributed by atoms with Crippen LogP contribution in [-0.2, 0) is 20.9 Å². The van der Waals surface area contributed by atoms with Gasteiger partial charge in [-0.1, -0.05) is 32.9 Å². The molecule has 1 atom stereocenters. The minimum Gasteiger partial charge on any atom is -0.450 e. The third-order valence-electron chi connectivity index (χ3n) is 3.68. The van der Waals surface area contributed by atoms with Crippen LogP contribution in [0.1, 0.15) is 46.1 Å². The maximum atomic E-state index is 12.3. The van der Waals surface area contributed by atoms with E-state index in [9.17, 15) is 14.4 Å². The van der Waals surface area contributed by atoms with Gasteiger partial charge in [0.25, 0.3) is 0 Å². The Hall–Kier alpha value is -2.57. The summed E-state index contributed by atoms with van der Waals surface area (Å²) in [5.41, 5.74) is 1.62. The van der Waals surface area contributed by atoms with E-state index in [4.69, 9.17) is 4.74 Å². The second-order valence-electron chi connectivity index (χ2n) is 6.30. The number of amides is 3. The Morgan fingerprint density at radius 2 is 1.73 bits per heavy atom. The monoisotopic (exact) mass is 363 g/mol. The van der Waals surface area contributed by atoms with E-state index in [2.05, 4.69) is 16.0 Å². The molecule has 0 fully saturated rings. The zero-order valence-corrected chi connectivity index (χ0v) is 15.9. The SMILES string of the molecule is CCCC(=O)Nc1ccc(CNC(=O)C(NC(=O)OCC)C(C)C)cc1. The summed E-state index contributed by atoms with van der Waals surface area (Å²) in [6, 6.07) is 6.61. The highest BCUT2D eigenvalue weighted by Gasteiger charge is 2.24. The van der Waals surface area contributed by atoms with Crippen LogP contribution in [0.2, 0.25) is 0 Å². The van der Waals surface area contributed by atoms with Crippen LogP contribution in [0, 0.1) is 5.92 Å². The third kappa shape index (κ3) is 7.55. The number of rotatable bonds is 9. The van der Waals surface area contributed by atoms with Crippen LogP contribution < -0.4 is 16.0 Å². The first kappa shape index (κ1) is 21.5. The average molecular weight is 363 g/mol. The second kappa shape index (κ2) is 11.1. The number of nitrogens with one attached hydrogen (secondary N) is 3. The standard InChI is InChI=1S/C19H29N3O4/c1-5-7-16(23)21-15-10-8-14(9-11-15)12-20-18(24)17(13(3)4)22-19(25)26-6-2/h8-11,13,17H,5-7,12H2,1-4H3,(H,20,24)(H,21,23)(H,22,25). The van der Waals surface area contributed by atoms with Crippen LogP contribution >= 0.6 is 0 Å². The largest absolute Gasteiger partial charge is 0.450 e. The van der Waals surface area contributed by atoms with Crippen LogP contribution in [-0.4, -0.2) is 30.6 Å². The number of carbonyl (C=O) groups is 3. The Balaban J connectivity index is 2.56. The van der Waals surface area contributed by atoms with E-state index in [-0.39, 0.29) is 24.3 Å². The Bertz CT molecular complexity index is 599. The molecule has 0 saturated heterocycles. The Labute approximate surface area is 154 Å². The maximum Gasteiger partial charge on any atom is 0.407 e. The van der Waals surface area contributed by atoms with Crippen molar-refractivity contribution < 1.29 is 19.1 Å². The number of alkyl carbamates (subject to hydrolysis) is 1. The molecule has 26 heavy (non-hydrogen) atoms. The predicted molar refractivity (Wildman–Crippen MR) is 101 cm³/mol. The highest BCUT2D eigenvalue weighted by atomic mass is 16.5. The molecule has 1 rings (SSSR count). The molecule has 0 aromatic heterocycles. The van der Waals surface area contributed by atoms with Gasteiger partial charge in [-0.25, -0.2) is 4.79 Å². The number of benzene rings is 1. The zero-order valence-electron chi connectivity index (χ0n) is 15.9. The van der Waals surface area contributed by atoms with Crippen molar-refractivity contribution in [3.63, 3.8) is 0 Å². The van der Waals surface area contributed by atoms with E-state index in [1.807, 2.05) is 32.9 Å². The molecule has 3 N–H and O–H groups in total. The summed E-state index contributed by atoms with van der Waals surface area (Å²) in [6.45, 7) is 7.94. The lowest BCUT2D eigenvalue weighted by Gasteiger charge is -2.21. The molecule has 144 valence electrons. The topological polar surface area (TPSA) is 96.5 Å². The third-order valence-corrected chi connectivity index (χ3v) is 3.68. The fraction of sp³-hybridized carbons (Fsp3) is 0.526. The smallest absolute Gasteiger partial charge is 0.407 e. The normalized spacial score (nSPS) is 11.6. The van der Waals surface area contributed by atoms with Crippen molar-refractivity contribution in [2.75, 3.05) is 11.9 Å². The quantitative estimate of drug-likeness (QED) is 0.628. The van der Waals surface area contributed by atoms with Crippen LogP contribution in [0.25, 0.3) is 0 Å². The number of carbonyl (C=O) groups excluding carboxylic acids is 3. The van der Waals surface area contributed by atoms with Crippen LogP contribution in [0.3, 0.4) is 0 Å². The first-order valence-electron chi connectivity index (χ1n) is 8.97. The molecule has 1 aromatic carbocycles. The molecule has 0 aliphatic rings. The van der Waals surface area contributed by atoms with Crippen molar-refractivity contribution in [3.8, 4) is 0 Å². The van der Waals surface area contributed by atoms with Crippen molar-refractivity contribution in [1.82, 2.24) is 10.6 Å². The lowest BCUT2D eigenvalue weighted by atomic mass is 10.0. The van der Waals surface area contributed by atoms with Gasteiger partial charge in [0.05, 0.1) is 6.61 Å². The fourth-order valence-electron chi connectivity index (χ4n) is 2.29. The summed E-state index contributed by atoms with van der Waals surface area (Å²) in [5, 5.41) is 8.20. The lowest BCUT2D eigenvalue weighted by Crippen LogP contribution is -2.49. The summed E-state index contributed by atoms with van der Waals surface area (Å²) in [7, 11) is 0.